The molecule has 0 atom stereocenters. The molecule has 5 heterocycles. The lowest BCUT2D eigenvalue weighted by Gasteiger charge is -2.53. The van der Waals surface area contributed by atoms with Crippen molar-refractivity contribution in [1.82, 2.24) is 34.4 Å². The molecule has 2 fully saturated rings. The number of ether oxygens (including phenoxy) is 2. The lowest BCUT2D eigenvalue weighted by molar-refractivity contribution is -0.162. The topological polar surface area (TPSA) is 143 Å². The first kappa shape index (κ1) is 38.8. The summed E-state index contributed by atoms with van der Waals surface area (Å²) in [6.45, 7) is 12.2. The molecule has 7 rings (SSSR count). The van der Waals surface area contributed by atoms with Gasteiger partial charge in [0.1, 0.15) is 16.8 Å². The fourth-order valence-corrected chi connectivity index (χ4v) is 7.81. The van der Waals surface area contributed by atoms with Crippen molar-refractivity contribution in [3.8, 4) is 0 Å². The van der Waals surface area contributed by atoms with Gasteiger partial charge in [-0.25, -0.2) is 4.79 Å². The Morgan fingerprint density at radius 1 is 0.893 bits per heavy atom. The Hall–Kier alpha value is -5.47. The van der Waals surface area contributed by atoms with Gasteiger partial charge in [-0.3, -0.25) is 24.0 Å². The Balaban J connectivity index is 0.916. The summed E-state index contributed by atoms with van der Waals surface area (Å²) in [4.78, 5) is 57.3. The zero-order valence-electron chi connectivity index (χ0n) is 33.1. The molecular weight excluding hydrogens is 713 g/mol. The largest absolute Gasteiger partial charge is 0.444 e. The third-order valence-corrected chi connectivity index (χ3v) is 11.0. The third kappa shape index (κ3) is 7.94. The average molecular weight is 765 g/mol. The lowest BCUT2D eigenvalue weighted by Crippen LogP contribution is -2.63. The number of piperidine rings is 1. The normalized spacial score (nSPS) is 16.9. The van der Waals surface area contributed by atoms with Crippen LogP contribution in [0.2, 0.25) is 0 Å². The predicted molar refractivity (Wildman–Crippen MR) is 210 cm³/mol. The maximum atomic E-state index is 13.5. The molecule has 0 bridgehead atoms. The number of hydrogen-bond acceptors (Lipinski definition) is 8. The summed E-state index contributed by atoms with van der Waals surface area (Å²) in [6.07, 6.45) is 2.74. The second kappa shape index (κ2) is 15.6. The van der Waals surface area contributed by atoms with E-state index in [-0.39, 0.29) is 35.4 Å². The molecule has 2 saturated heterocycles. The van der Waals surface area contributed by atoms with Crippen LogP contribution in [0.4, 0.5) is 10.5 Å². The first-order valence-corrected chi connectivity index (χ1v) is 19.3. The second-order valence-electron chi connectivity index (χ2n) is 16.2. The van der Waals surface area contributed by atoms with E-state index >= 15 is 0 Å². The smallest absolute Gasteiger partial charge is 0.410 e. The van der Waals surface area contributed by atoms with Crippen molar-refractivity contribution in [3.05, 3.63) is 106 Å². The van der Waals surface area contributed by atoms with Crippen LogP contribution in [0.5, 0.6) is 0 Å². The van der Waals surface area contributed by atoms with Gasteiger partial charge in [0.25, 0.3) is 17.7 Å². The minimum atomic E-state index is -0.539. The molecule has 1 spiro atoms. The monoisotopic (exact) mass is 764 g/mol. The van der Waals surface area contributed by atoms with Crippen LogP contribution >= 0.6 is 0 Å². The van der Waals surface area contributed by atoms with E-state index in [0.29, 0.717) is 68.4 Å². The van der Waals surface area contributed by atoms with Crippen molar-refractivity contribution in [1.29, 1.82) is 0 Å². The minimum Gasteiger partial charge on any atom is -0.444 e. The average Bonchev–Trinajstić information content (AvgIpc) is 3.77. The molecule has 14 nitrogen and oxygen atoms in total. The lowest BCUT2D eigenvalue weighted by atomic mass is 9.88. The van der Waals surface area contributed by atoms with Crippen LogP contribution in [-0.4, -0.2) is 105 Å². The van der Waals surface area contributed by atoms with Crippen molar-refractivity contribution < 1.29 is 28.7 Å². The van der Waals surface area contributed by atoms with Crippen molar-refractivity contribution >= 4 is 29.5 Å². The number of hydrogen-bond donors (Lipinski definition) is 2. The molecule has 3 aliphatic rings. The number of fused-ring (bicyclic) bond motifs is 2. The highest BCUT2D eigenvalue weighted by Crippen LogP contribution is 2.41. The molecule has 2 N–H and O–H groups in total. The SMILES string of the molecule is Cc1c(C(=O)Nc2ccc(CNC(=O)c3ccc4n3CCN(Cc3ccc(C(=O)N(C)C)cc3)C43COC3)cc2)cnn1C1CCN(C(=O)OC(C)(C)C)CC1. The van der Waals surface area contributed by atoms with E-state index in [4.69, 9.17) is 9.47 Å². The first-order chi connectivity index (χ1) is 26.7. The molecule has 296 valence electrons. The van der Waals surface area contributed by atoms with Crippen molar-refractivity contribution in [2.45, 2.75) is 77.4 Å². The van der Waals surface area contributed by atoms with Gasteiger partial charge in [0.2, 0.25) is 0 Å². The van der Waals surface area contributed by atoms with Crippen molar-refractivity contribution in [2.75, 3.05) is 52.3 Å². The Kier molecular flexibility index (Phi) is 10.8. The van der Waals surface area contributed by atoms with Crippen LogP contribution in [0.15, 0.2) is 66.9 Å². The zero-order chi connectivity index (χ0) is 39.8. The number of amides is 4. The van der Waals surface area contributed by atoms with E-state index < -0.39 is 5.60 Å². The van der Waals surface area contributed by atoms with Crippen LogP contribution in [-0.2, 0) is 34.6 Å². The third-order valence-electron chi connectivity index (χ3n) is 11.0. The number of aromatic nitrogens is 3. The molecule has 2 aromatic carbocycles. The van der Waals surface area contributed by atoms with E-state index in [2.05, 4.69) is 25.2 Å². The number of carbonyl (C=O) groups is 4. The van der Waals surface area contributed by atoms with Crippen LogP contribution in [0, 0.1) is 6.92 Å². The Bertz CT molecular complexity index is 2080. The summed E-state index contributed by atoms with van der Waals surface area (Å²) in [5, 5.41) is 10.6. The molecule has 4 amide bonds. The van der Waals surface area contributed by atoms with Gasteiger partial charge in [-0.1, -0.05) is 24.3 Å². The van der Waals surface area contributed by atoms with Gasteiger partial charge in [-0.05, 0) is 88.1 Å². The highest BCUT2D eigenvalue weighted by Gasteiger charge is 2.50. The fraction of sp³-hybridized carbons (Fsp3) is 0.452. The zero-order valence-corrected chi connectivity index (χ0v) is 33.1. The Labute approximate surface area is 327 Å². The minimum absolute atomic E-state index is 0.0218. The summed E-state index contributed by atoms with van der Waals surface area (Å²) in [7, 11) is 3.50. The van der Waals surface area contributed by atoms with E-state index in [1.807, 2.05) is 93.0 Å². The summed E-state index contributed by atoms with van der Waals surface area (Å²) in [5.41, 5.74) is 5.43. The summed E-state index contributed by atoms with van der Waals surface area (Å²) in [5.74, 6) is -0.422. The van der Waals surface area contributed by atoms with E-state index in [1.165, 1.54) is 0 Å². The fourth-order valence-electron chi connectivity index (χ4n) is 7.81. The molecule has 0 unspecified atom stereocenters. The van der Waals surface area contributed by atoms with Crippen LogP contribution in [0.3, 0.4) is 0 Å². The molecule has 3 aliphatic heterocycles. The maximum Gasteiger partial charge on any atom is 0.410 e. The predicted octanol–water partition coefficient (Wildman–Crippen LogP) is 5.19. The molecule has 2 aromatic heterocycles. The summed E-state index contributed by atoms with van der Waals surface area (Å²) in [6, 6.07) is 19.2. The molecule has 0 aliphatic carbocycles. The number of benzene rings is 2. The van der Waals surface area contributed by atoms with Gasteiger partial charge < -0.3 is 34.5 Å². The van der Waals surface area contributed by atoms with Crippen molar-refractivity contribution in [2.24, 2.45) is 0 Å². The van der Waals surface area contributed by atoms with Crippen LogP contribution < -0.4 is 10.6 Å². The number of nitrogens with zero attached hydrogens (tertiary/aromatic N) is 6. The van der Waals surface area contributed by atoms with E-state index in [1.54, 1.807) is 30.1 Å². The number of carbonyl (C=O) groups excluding carboxylic acids is 4. The molecule has 14 heteroatoms. The standard InChI is InChI=1S/C42H52N8O6/c1-28-34(24-44-50(28)33-17-19-47(20-18-33)40(54)56-41(2,3)4)37(51)45-32-13-9-29(10-14-32)23-43-38(52)35-15-16-36-42(26-55-27-42)48(21-22-49(35)36)25-30-7-11-31(12-8-30)39(53)46(5)6/h7-16,24,33H,17-23,25-27H2,1-6H3,(H,43,52)(H,45,51). The highest BCUT2D eigenvalue weighted by atomic mass is 16.6. The van der Waals surface area contributed by atoms with Gasteiger partial charge >= 0.3 is 6.09 Å². The van der Waals surface area contributed by atoms with Gasteiger partial charge in [-0.2, -0.15) is 5.10 Å². The second-order valence-corrected chi connectivity index (χ2v) is 16.2. The number of anilines is 1. The first-order valence-electron chi connectivity index (χ1n) is 19.3. The Morgan fingerprint density at radius 2 is 1.57 bits per heavy atom. The van der Waals surface area contributed by atoms with Crippen LogP contribution in [0.1, 0.15) is 93.4 Å². The number of likely N-dealkylation sites (tertiary alicyclic amines) is 1. The number of nitrogens with one attached hydrogen (secondary N) is 2. The van der Waals surface area contributed by atoms with Crippen LogP contribution in [0.25, 0.3) is 0 Å². The van der Waals surface area contributed by atoms with Crippen molar-refractivity contribution in [3.63, 3.8) is 0 Å². The van der Waals surface area contributed by atoms with Gasteiger partial charge in [-0.15, -0.1) is 0 Å². The van der Waals surface area contributed by atoms with Gasteiger partial charge in [0, 0.05) is 76.0 Å². The quantitative estimate of drug-likeness (QED) is 0.237. The molecular formula is C42H52N8O6. The highest BCUT2D eigenvalue weighted by molar-refractivity contribution is 6.05. The molecule has 56 heavy (non-hydrogen) atoms. The number of rotatable bonds is 9. The molecule has 4 aromatic rings. The Morgan fingerprint density at radius 3 is 2.20 bits per heavy atom. The molecule has 0 radical (unpaired) electrons. The molecule has 0 saturated carbocycles. The summed E-state index contributed by atoms with van der Waals surface area (Å²) < 4.78 is 15.3. The maximum absolute atomic E-state index is 13.5. The van der Waals surface area contributed by atoms with Gasteiger partial charge in [0.15, 0.2) is 0 Å². The van der Waals surface area contributed by atoms with Gasteiger partial charge in [0.05, 0.1) is 31.0 Å². The van der Waals surface area contributed by atoms with E-state index in [0.717, 1.165) is 41.9 Å². The summed E-state index contributed by atoms with van der Waals surface area (Å²) >= 11 is 0. The van der Waals surface area contributed by atoms with E-state index in [9.17, 15) is 19.2 Å².